The number of nitrogens with two attached hydrogens (primary N) is 1. The molecule has 1 rings (SSSR count). The first kappa shape index (κ1) is 9.38. The summed E-state index contributed by atoms with van der Waals surface area (Å²) in [5.41, 5.74) is 4.78. The molecular weight excluding hydrogens is 166 g/mol. The smallest absolute Gasteiger partial charge is 0.336 e. The molecule has 12 heavy (non-hydrogen) atoms. The van der Waals surface area contributed by atoms with Gasteiger partial charge in [0.15, 0.2) is 0 Å². The number of likely N-dealkylation sites (tertiary alicyclic amines) is 1. The third kappa shape index (κ3) is 1.72. The Labute approximate surface area is 69.5 Å². The molecule has 2 N–H and O–H groups in total. The minimum absolute atomic E-state index is 0.439. The number of amides is 1. The summed E-state index contributed by atoms with van der Waals surface area (Å²) in [7, 11) is 0. The maximum Gasteiger partial charge on any atom is 0.336 e. The summed E-state index contributed by atoms with van der Waals surface area (Å²) in [5, 5.41) is 0. The number of alkyl halides is 2. The van der Waals surface area contributed by atoms with E-state index in [4.69, 9.17) is 5.73 Å². The fourth-order valence-electron chi connectivity index (χ4n) is 1.24. The molecule has 0 aromatic rings. The maximum absolute atomic E-state index is 12.7. The van der Waals surface area contributed by atoms with E-state index >= 15 is 0 Å². The summed E-state index contributed by atoms with van der Waals surface area (Å²) >= 11 is 0. The highest BCUT2D eigenvalue weighted by atomic mass is 19.3. The average molecular weight is 178 g/mol. The predicted octanol–water partition coefficient (Wildman–Crippen LogP) is 0.203. The second-order valence-corrected chi connectivity index (χ2v) is 2.91. The average Bonchev–Trinajstić information content (AvgIpc) is 2.55. The Bertz CT molecular complexity index is 178. The zero-order valence-corrected chi connectivity index (χ0v) is 6.72. The van der Waals surface area contributed by atoms with Crippen LogP contribution in [-0.2, 0) is 4.79 Å². The molecule has 0 radical (unpaired) electrons. The third-order valence-electron chi connectivity index (χ3n) is 1.96. The van der Waals surface area contributed by atoms with E-state index in [1.54, 1.807) is 0 Å². The second kappa shape index (κ2) is 3.35. The van der Waals surface area contributed by atoms with Gasteiger partial charge in [-0.15, -0.1) is 0 Å². The van der Waals surface area contributed by atoms with Crippen molar-refractivity contribution in [2.75, 3.05) is 19.6 Å². The molecule has 1 saturated heterocycles. The topological polar surface area (TPSA) is 46.3 Å². The number of hydrogen-bond donors (Lipinski definition) is 1. The molecule has 0 aromatic heterocycles. The van der Waals surface area contributed by atoms with Crippen molar-refractivity contribution >= 4 is 5.91 Å². The molecule has 0 spiro atoms. The SMILES string of the molecule is NCC(F)(F)C(=O)N1CCCC1. The van der Waals surface area contributed by atoms with Gasteiger partial charge in [-0.25, -0.2) is 0 Å². The summed E-state index contributed by atoms with van der Waals surface area (Å²) < 4.78 is 25.4. The van der Waals surface area contributed by atoms with Gasteiger partial charge in [0.25, 0.3) is 5.91 Å². The van der Waals surface area contributed by atoms with Crippen LogP contribution in [0, 0.1) is 0 Å². The molecule has 0 saturated carbocycles. The fraction of sp³-hybridized carbons (Fsp3) is 0.857. The Morgan fingerprint density at radius 3 is 2.33 bits per heavy atom. The van der Waals surface area contributed by atoms with Crippen molar-refractivity contribution in [1.82, 2.24) is 4.90 Å². The quantitative estimate of drug-likeness (QED) is 0.656. The van der Waals surface area contributed by atoms with Crippen molar-refractivity contribution in [2.45, 2.75) is 18.8 Å². The van der Waals surface area contributed by atoms with Crippen LogP contribution < -0.4 is 5.73 Å². The molecule has 1 heterocycles. The normalized spacial score (nSPS) is 18.4. The van der Waals surface area contributed by atoms with E-state index < -0.39 is 18.4 Å². The van der Waals surface area contributed by atoms with Gasteiger partial charge in [-0.1, -0.05) is 0 Å². The van der Waals surface area contributed by atoms with Gasteiger partial charge < -0.3 is 10.6 Å². The predicted molar refractivity (Wildman–Crippen MR) is 39.8 cm³/mol. The second-order valence-electron chi connectivity index (χ2n) is 2.91. The minimum Gasteiger partial charge on any atom is -0.337 e. The van der Waals surface area contributed by atoms with Crippen molar-refractivity contribution in [1.29, 1.82) is 0 Å². The number of carbonyl (C=O) groups excluding carboxylic acids is 1. The summed E-state index contributed by atoms with van der Waals surface area (Å²) in [5.74, 6) is -4.49. The number of halogens is 2. The summed E-state index contributed by atoms with van der Waals surface area (Å²) in [4.78, 5) is 12.2. The molecule has 0 bridgehead atoms. The molecule has 0 unspecified atom stereocenters. The van der Waals surface area contributed by atoms with Gasteiger partial charge >= 0.3 is 5.92 Å². The van der Waals surface area contributed by atoms with Gasteiger partial charge in [-0.2, -0.15) is 8.78 Å². The summed E-state index contributed by atoms with van der Waals surface area (Å²) in [6, 6.07) is 0. The first-order valence-corrected chi connectivity index (χ1v) is 3.95. The lowest BCUT2D eigenvalue weighted by molar-refractivity contribution is -0.154. The van der Waals surface area contributed by atoms with Crippen LogP contribution in [0.3, 0.4) is 0 Å². The van der Waals surface area contributed by atoms with Gasteiger partial charge in [0.2, 0.25) is 0 Å². The Balaban J connectivity index is 2.56. The van der Waals surface area contributed by atoms with E-state index in [1.807, 2.05) is 0 Å². The van der Waals surface area contributed by atoms with Gasteiger partial charge in [-0.05, 0) is 12.8 Å². The fourth-order valence-corrected chi connectivity index (χ4v) is 1.24. The highest BCUT2D eigenvalue weighted by Crippen LogP contribution is 2.18. The van der Waals surface area contributed by atoms with Gasteiger partial charge in [0.1, 0.15) is 0 Å². The van der Waals surface area contributed by atoms with E-state index in [1.165, 1.54) is 4.90 Å². The first-order valence-electron chi connectivity index (χ1n) is 3.95. The Kier molecular flexibility index (Phi) is 2.62. The van der Waals surface area contributed by atoms with Crippen molar-refractivity contribution in [2.24, 2.45) is 5.73 Å². The summed E-state index contributed by atoms with van der Waals surface area (Å²) in [6.45, 7) is -0.0226. The molecule has 70 valence electrons. The van der Waals surface area contributed by atoms with Gasteiger partial charge in [0.05, 0.1) is 6.54 Å². The molecule has 0 aromatic carbocycles. The Hall–Kier alpha value is -0.710. The molecule has 0 atom stereocenters. The number of hydrogen-bond acceptors (Lipinski definition) is 2. The maximum atomic E-state index is 12.7. The van der Waals surface area contributed by atoms with Gasteiger partial charge in [0, 0.05) is 13.1 Å². The lowest BCUT2D eigenvalue weighted by Gasteiger charge is -2.20. The number of rotatable bonds is 2. The third-order valence-corrected chi connectivity index (χ3v) is 1.96. The largest absolute Gasteiger partial charge is 0.337 e. The molecule has 5 heteroatoms. The van der Waals surface area contributed by atoms with Crippen molar-refractivity contribution in [3.05, 3.63) is 0 Å². The van der Waals surface area contributed by atoms with Crippen LogP contribution in [-0.4, -0.2) is 36.4 Å². The lowest BCUT2D eigenvalue weighted by atomic mass is 10.3. The van der Waals surface area contributed by atoms with E-state index in [-0.39, 0.29) is 0 Å². The Morgan fingerprint density at radius 2 is 1.92 bits per heavy atom. The monoisotopic (exact) mass is 178 g/mol. The molecule has 1 fully saturated rings. The van der Waals surface area contributed by atoms with Crippen LogP contribution in [0.15, 0.2) is 0 Å². The zero-order chi connectivity index (χ0) is 9.19. The van der Waals surface area contributed by atoms with Crippen molar-refractivity contribution < 1.29 is 13.6 Å². The van der Waals surface area contributed by atoms with Crippen LogP contribution in [0.5, 0.6) is 0 Å². The molecular formula is C7H12F2N2O. The van der Waals surface area contributed by atoms with Crippen LogP contribution in [0.1, 0.15) is 12.8 Å². The molecule has 1 aliphatic heterocycles. The lowest BCUT2D eigenvalue weighted by Crippen LogP contribution is -2.46. The highest BCUT2D eigenvalue weighted by molar-refractivity contribution is 5.83. The van der Waals surface area contributed by atoms with E-state index in [0.717, 1.165) is 12.8 Å². The van der Waals surface area contributed by atoms with E-state index in [0.29, 0.717) is 13.1 Å². The van der Waals surface area contributed by atoms with Gasteiger partial charge in [-0.3, -0.25) is 4.79 Å². The molecule has 3 nitrogen and oxygen atoms in total. The van der Waals surface area contributed by atoms with Crippen LogP contribution in [0.25, 0.3) is 0 Å². The first-order chi connectivity index (χ1) is 5.58. The zero-order valence-electron chi connectivity index (χ0n) is 6.72. The molecule has 0 aliphatic carbocycles. The van der Waals surface area contributed by atoms with E-state index in [9.17, 15) is 13.6 Å². The van der Waals surface area contributed by atoms with Crippen molar-refractivity contribution in [3.8, 4) is 0 Å². The number of nitrogens with zero attached hydrogens (tertiary/aromatic N) is 1. The summed E-state index contributed by atoms with van der Waals surface area (Å²) in [6.07, 6.45) is 1.62. The Morgan fingerprint density at radius 1 is 1.42 bits per heavy atom. The standard InChI is InChI=1S/C7H12F2N2O/c8-7(9,5-10)6(12)11-3-1-2-4-11/h1-5,10H2. The highest BCUT2D eigenvalue weighted by Gasteiger charge is 2.41. The van der Waals surface area contributed by atoms with Crippen LogP contribution in [0.4, 0.5) is 8.78 Å². The molecule has 1 aliphatic rings. The number of carbonyl (C=O) groups is 1. The van der Waals surface area contributed by atoms with E-state index in [2.05, 4.69) is 0 Å². The molecule has 1 amide bonds. The van der Waals surface area contributed by atoms with Crippen LogP contribution >= 0.6 is 0 Å². The van der Waals surface area contributed by atoms with Crippen LogP contribution in [0.2, 0.25) is 0 Å². The minimum atomic E-state index is -3.37. The van der Waals surface area contributed by atoms with Crippen molar-refractivity contribution in [3.63, 3.8) is 0 Å².